The van der Waals surface area contributed by atoms with Gasteiger partial charge in [-0.25, -0.2) is 4.98 Å². The van der Waals surface area contributed by atoms with Gasteiger partial charge >= 0.3 is 0 Å². The SMILES string of the molecule is CSCc1oc2ccccc2c2nn(-c3ccc(Cl)cn3)c(=O)c1-2. The topological polar surface area (TPSA) is 60.9 Å². The van der Waals surface area contributed by atoms with Gasteiger partial charge in [-0.2, -0.15) is 21.5 Å². The summed E-state index contributed by atoms with van der Waals surface area (Å²) in [6.45, 7) is 0. The molecular weight excluding hydrogens is 346 g/mol. The van der Waals surface area contributed by atoms with E-state index in [0.717, 1.165) is 5.39 Å². The molecule has 5 nitrogen and oxygen atoms in total. The Morgan fingerprint density at radius 3 is 2.83 bits per heavy atom. The molecule has 1 aromatic carbocycles. The molecule has 2 aromatic rings. The Hall–Kier alpha value is -2.31. The first-order valence-corrected chi connectivity index (χ1v) is 9.00. The van der Waals surface area contributed by atoms with E-state index in [1.165, 1.54) is 10.9 Å². The summed E-state index contributed by atoms with van der Waals surface area (Å²) in [5.41, 5.74) is 1.60. The van der Waals surface area contributed by atoms with E-state index in [2.05, 4.69) is 10.1 Å². The molecule has 2 aliphatic rings. The summed E-state index contributed by atoms with van der Waals surface area (Å²) < 4.78 is 7.25. The van der Waals surface area contributed by atoms with Crippen LogP contribution in [0, 0.1) is 0 Å². The molecule has 4 rings (SSSR count). The lowest BCUT2D eigenvalue weighted by molar-refractivity contribution is 0.563. The summed E-state index contributed by atoms with van der Waals surface area (Å²) in [6.07, 6.45) is 3.46. The molecule has 1 aromatic heterocycles. The van der Waals surface area contributed by atoms with E-state index in [1.54, 1.807) is 23.9 Å². The second kappa shape index (κ2) is 5.96. The number of halogens is 1. The van der Waals surface area contributed by atoms with Crippen molar-refractivity contribution in [2.75, 3.05) is 6.26 Å². The summed E-state index contributed by atoms with van der Waals surface area (Å²) >= 11 is 7.47. The van der Waals surface area contributed by atoms with E-state index in [0.29, 0.717) is 39.2 Å². The van der Waals surface area contributed by atoms with Gasteiger partial charge in [0.1, 0.15) is 22.6 Å². The fraction of sp³-hybridized carbons (Fsp3) is 0.118. The van der Waals surface area contributed by atoms with Crippen molar-refractivity contribution < 1.29 is 4.42 Å². The molecule has 2 aliphatic heterocycles. The number of para-hydroxylation sites is 1. The Balaban J connectivity index is 2.07. The predicted molar refractivity (Wildman–Crippen MR) is 96.3 cm³/mol. The number of thioether (sulfide) groups is 1. The number of pyridine rings is 1. The first kappa shape index (κ1) is 15.2. The van der Waals surface area contributed by atoms with Crippen LogP contribution in [0.2, 0.25) is 5.02 Å². The Morgan fingerprint density at radius 2 is 2.08 bits per heavy atom. The second-order valence-electron chi connectivity index (χ2n) is 5.23. The third kappa shape index (κ3) is 2.39. The third-order valence-electron chi connectivity index (χ3n) is 3.70. The maximum atomic E-state index is 12.9. The molecule has 0 radical (unpaired) electrons. The zero-order valence-corrected chi connectivity index (χ0v) is 14.3. The minimum atomic E-state index is -0.238. The van der Waals surface area contributed by atoms with Gasteiger partial charge in [0.05, 0.1) is 10.8 Å². The lowest BCUT2D eigenvalue weighted by Gasteiger charge is -2.07. The normalized spacial score (nSPS) is 11.4. The molecule has 0 fully saturated rings. The van der Waals surface area contributed by atoms with Crippen molar-refractivity contribution in [3.8, 4) is 17.1 Å². The maximum Gasteiger partial charge on any atom is 0.285 e. The summed E-state index contributed by atoms with van der Waals surface area (Å²) in [4.78, 5) is 17.1. The number of aromatic nitrogens is 3. The van der Waals surface area contributed by atoms with Crippen LogP contribution < -0.4 is 5.56 Å². The van der Waals surface area contributed by atoms with Crippen LogP contribution in [0.3, 0.4) is 0 Å². The molecule has 0 unspecified atom stereocenters. The van der Waals surface area contributed by atoms with E-state index >= 15 is 0 Å². The average molecular weight is 358 g/mol. The fourth-order valence-electron chi connectivity index (χ4n) is 2.66. The minimum Gasteiger partial charge on any atom is -0.459 e. The average Bonchev–Trinajstić information content (AvgIpc) is 2.94. The van der Waals surface area contributed by atoms with Crippen LogP contribution in [0.5, 0.6) is 0 Å². The van der Waals surface area contributed by atoms with Gasteiger partial charge in [0.2, 0.25) is 0 Å². The molecule has 0 spiro atoms. The van der Waals surface area contributed by atoms with Crippen molar-refractivity contribution in [1.29, 1.82) is 0 Å². The van der Waals surface area contributed by atoms with Crippen LogP contribution in [0.4, 0.5) is 0 Å². The van der Waals surface area contributed by atoms with Crippen LogP contribution >= 0.6 is 23.4 Å². The highest BCUT2D eigenvalue weighted by Crippen LogP contribution is 2.32. The highest BCUT2D eigenvalue weighted by atomic mass is 35.5. The van der Waals surface area contributed by atoms with Gasteiger partial charge in [0.15, 0.2) is 5.82 Å². The number of hydrogen-bond acceptors (Lipinski definition) is 5. The van der Waals surface area contributed by atoms with E-state index < -0.39 is 0 Å². The smallest absolute Gasteiger partial charge is 0.285 e. The molecule has 3 heterocycles. The van der Waals surface area contributed by atoms with Gasteiger partial charge in [-0.3, -0.25) is 4.79 Å². The molecule has 0 N–H and O–H groups in total. The predicted octanol–water partition coefficient (Wildman–Crippen LogP) is 3.99. The van der Waals surface area contributed by atoms with Crippen LogP contribution in [-0.2, 0) is 5.75 Å². The van der Waals surface area contributed by atoms with E-state index in [9.17, 15) is 4.79 Å². The summed E-state index contributed by atoms with van der Waals surface area (Å²) in [5, 5.41) is 5.83. The second-order valence-corrected chi connectivity index (χ2v) is 6.53. The van der Waals surface area contributed by atoms with E-state index in [1.807, 2.05) is 30.5 Å². The number of nitrogens with zero attached hydrogens (tertiary/aromatic N) is 3. The number of benzene rings is 1. The minimum absolute atomic E-state index is 0.238. The van der Waals surface area contributed by atoms with Gasteiger partial charge in [-0.1, -0.05) is 23.7 Å². The van der Waals surface area contributed by atoms with Crippen LogP contribution in [0.15, 0.2) is 51.8 Å². The molecule has 7 heteroatoms. The molecule has 0 atom stereocenters. The van der Waals surface area contributed by atoms with E-state index in [-0.39, 0.29) is 5.56 Å². The zero-order chi connectivity index (χ0) is 16.7. The number of hydrogen-bond donors (Lipinski definition) is 0. The van der Waals surface area contributed by atoms with Crippen molar-refractivity contribution in [3.05, 3.63) is 63.7 Å². The van der Waals surface area contributed by atoms with Crippen molar-refractivity contribution in [1.82, 2.24) is 14.8 Å². The van der Waals surface area contributed by atoms with Crippen LogP contribution in [-0.4, -0.2) is 21.0 Å². The molecule has 0 saturated heterocycles. The zero-order valence-electron chi connectivity index (χ0n) is 12.7. The Morgan fingerprint density at radius 1 is 1.25 bits per heavy atom. The van der Waals surface area contributed by atoms with Crippen molar-refractivity contribution in [2.45, 2.75) is 5.75 Å². The lowest BCUT2D eigenvalue weighted by atomic mass is 10.1. The monoisotopic (exact) mass is 357 g/mol. The van der Waals surface area contributed by atoms with Gasteiger partial charge in [0, 0.05) is 11.6 Å². The molecule has 0 bridgehead atoms. The molecular formula is C17H12ClN3O2S. The summed E-state index contributed by atoms with van der Waals surface area (Å²) in [7, 11) is 0. The molecule has 0 saturated carbocycles. The maximum absolute atomic E-state index is 12.9. The third-order valence-corrected chi connectivity index (χ3v) is 4.48. The largest absolute Gasteiger partial charge is 0.459 e. The first-order valence-electron chi connectivity index (χ1n) is 7.23. The summed E-state index contributed by atoms with van der Waals surface area (Å²) in [5.74, 6) is 1.65. The Kier molecular flexibility index (Phi) is 3.78. The Bertz CT molecular complexity index is 1060. The molecule has 0 aliphatic carbocycles. The molecule has 120 valence electrons. The quantitative estimate of drug-likeness (QED) is 0.554. The standard InChI is InChI=1S/C17H12ClN3O2S/c1-24-9-13-15-16(11-4-2-3-5-12(11)23-13)20-21(17(15)22)14-7-6-10(18)8-19-14/h2-8H,9H2,1H3. The van der Waals surface area contributed by atoms with Crippen molar-refractivity contribution in [2.24, 2.45) is 0 Å². The highest BCUT2D eigenvalue weighted by molar-refractivity contribution is 7.97. The number of fused-ring (bicyclic) bond motifs is 3. The van der Waals surface area contributed by atoms with Gasteiger partial charge < -0.3 is 4.42 Å². The fourth-order valence-corrected chi connectivity index (χ4v) is 3.24. The van der Waals surface area contributed by atoms with E-state index in [4.69, 9.17) is 16.0 Å². The van der Waals surface area contributed by atoms with Crippen molar-refractivity contribution >= 4 is 34.3 Å². The molecule has 0 amide bonds. The van der Waals surface area contributed by atoms with Crippen LogP contribution in [0.1, 0.15) is 5.76 Å². The van der Waals surface area contributed by atoms with Crippen LogP contribution in [0.25, 0.3) is 28.0 Å². The van der Waals surface area contributed by atoms with Gasteiger partial charge in [0.25, 0.3) is 5.56 Å². The van der Waals surface area contributed by atoms with Crippen molar-refractivity contribution in [3.63, 3.8) is 0 Å². The summed E-state index contributed by atoms with van der Waals surface area (Å²) in [6, 6.07) is 10.9. The first-order chi connectivity index (χ1) is 11.7. The van der Waals surface area contributed by atoms with Gasteiger partial charge in [-0.05, 0) is 30.5 Å². The number of rotatable bonds is 3. The highest BCUT2D eigenvalue weighted by Gasteiger charge is 2.25. The lowest BCUT2D eigenvalue weighted by Crippen LogP contribution is -2.16. The Labute approximate surface area is 146 Å². The molecule has 24 heavy (non-hydrogen) atoms. The van der Waals surface area contributed by atoms with Gasteiger partial charge in [-0.15, -0.1) is 0 Å².